The van der Waals surface area contributed by atoms with Gasteiger partial charge >= 0.3 is 5.63 Å². The largest absolute Gasteiger partial charge is 0.497 e. The molecule has 1 aromatic heterocycles. The maximum atomic E-state index is 12.4. The molecule has 0 saturated carbocycles. The third kappa shape index (κ3) is 3.42. The Labute approximate surface area is 143 Å². The third-order valence-electron chi connectivity index (χ3n) is 3.74. The number of anilines is 1. The Morgan fingerprint density at radius 2 is 1.76 bits per heavy atom. The van der Waals surface area contributed by atoms with Crippen LogP contribution in [0.5, 0.6) is 5.75 Å². The smallest absolute Gasteiger partial charge is 0.349 e. The number of carbonyl (C=O) groups excluding carboxylic acids is 2. The van der Waals surface area contributed by atoms with Gasteiger partial charge in [-0.3, -0.25) is 9.59 Å². The molecule has 0 saturated heterocycles. The van der Waals surface area contributed by atoms with Crippen molar-refractivity contribution < 1.29 is 18.7 Å². The first-order valence-corrected chi connectivity index (χ1v) is 7.52. The molecule has 3 aromatic rings. The SMILES string of the molecule is COc1ccc2cc(C(=O)Nc3ccc(C(C)=O)cc3)c(=O)oc2c1. The van der Waals surface area contributed by atoms with Crippen molar-refractivity contribution in [1.82, 2.24) is 0 Å². The zero-order valence-electron chi connectivity index (χ0n) is 13.7. The van der Waals surface area contributed by atoms with Crippen molar-refractivity contribution in [2.24, 2.45) is 0 Å². The monoisotopic (exact) mass is 337 g/mol. The molecule has 3 rings (SSSR count). The van der Waals surface area contributed by atoms with Gasteiger partial charge in [0.1, 0.15) is 16.9 Å². The maximum absolute atomic E-state index is 12.4. The normalized spacial score (nSPS) is 10.5. The van der Waals surface area contributed by atoms with Crippen molar-refractivity contribution in [2.45, 2.75) is 6.92 Å². The van der Waals surface area contributed by atoms with Crippen LogP contribution in [-0.2, 0) is 0 Å². The second-order valence-corrected chi connectivity index (χ2v) is 5.44. The number of Topliss-reactive ketones (excluding diaryl/α,β-unsaturated/α-hetero) is 1. The van der Waals surface area contributed by atoms with E-state index in [9.17, 15) is 14.4 Å². The molecular weight excluding hydrogens is 322 g/mol. The van der Waals surface area contributed by atoms with Gasteiger partial charge < -0.3 is 14.5 Å². The minimum atomic E-state index is -0.737. The molecule has 0 aliphatic heterocycles. The van der Waals surface area contributed by atoms with E-state index in [-0.39, 0.29) is 11.3 Å². The van der Waals surface area contributed by atoms with E-state index < -0.39 is 11.5 Å². The maximum Gasteiger partial charge on any atom is 0.349 e. The van der Waals surface area contributed by atoms with Crippen molar-refractivity contribution >= 4 is 28.3 Å². The lowest BCUT2D eigenvalue weighted by Gasteiger charge is -2.06. The summed E-state index contributed by atoms with van der Waals surface area (Å²) >= 11 is 0. The van der Waals surface area contributed by atoms with E-state index in [4.69, 9.17) is 9.15 Å². The van der Waals surface area contributed by atoms with Crippen LogP contribution in [0.25, 0.3) is 11.0 Å². The molecule has 1 heterocycles. The van der Waals surface area contributed by atoms with Crippen LogP contribution in [0.15, 0.2) is 57.7 Å². The van der Waals surface area contributed by atoms with Crippen LogP contribution >= 0.6 is 0 Å². The average Bonchev–Trinajstić information content (AvgIpc) is 2.60. The van der Waals surface area contributed by atoms with Gasteiger partial charge in [0.05, 0.1) is 7.11 Å². The molecule has 0 aliphatic carbocycles. The van der Waals surface area contributed by atoms with Gasteiger partial charge in [0.25, 0.3) is 5.91 Å². The summed E-state index contributed by atoms with van der Waals surface area (Å²) in [5.41, 5.74) is 0.514. The van der Waals surface area contributed by atoms with Gasteiger partial charge in [-0.1, -0.05) is 0 Å². The minimum Gasteiger partial charge on any atom is -0.497 e. The van der Waals surface area contributed by atoms with Gasteiger partial charge in [0.2, 0.25) is 0 Å². The van der Waals surface area contributed by atoms with Crippen LogP contribution in [0.4, 0.5) is 5.69 Å². The molecular formula is C19H15NO5. The quantitative estimate of drug-likeness (QED) is 0.583. The van der Waals surface area contributed by atoms with Crippen LogP contribution in [-0.4, -0.2) is 18.8 Å². The Hall–Kier alpha value is -3.41. The molecule has 6 heteroatoms. The van der Waals surface area contributed by atoms with Crippen molar-refractivity contribution in [3.8, 4) is 5.75 Å². The molecule has 25 heavy (non-hydrogen) atoms. The second kappa shape index (κ2) is 6.60. The summed E-state index contributed by atoms with van der Waals surface area (Å²) in [5, 5.41) is 3.23. The summed E-state index contributed by atoms with van der Waals surface area (Å²) in [6, 6.07) is 12.9. The second-order valence-electron chi connectivity index (χ2n) is 5.44. The molecule has 0 unspecified atom stereocenters. The first-order valence-electron chi connectivity index (χ1n) is 7.52. The number of ketones is 1. The summed E-state index contributed by atoms with van der Waals surface area (Å²) in [6.07, 6.45) is 0. The lowest BCUT2D eigenvalue weighted by molar-refractivity contribution is 0.101. The summed E-state index contributed by atoms with van der Waals surface area (Å²) < 4.78 is 10.3. The number of rotatable bonds is 4. The van der Waals surface area contributed by atoms with Crippen LogP contribution < -0.4 is 15.7 Å². The van der Waals surface area contributed by atoms with Crippen molar-refractivity contribution in [2.75, 3.05) is 12.4 Å². The van der Waals surface area contributed by atoms with Gasteiger partial charge in [0.15, 0.2) is 5.78 Å². The Balaban J connectivity index is 1.90. The molecule has 0 spiro atoms. The molecule has 126 valence electrons. The summed E-state index contributed by atoms with van der Waals surface area (Å²) in [5.74, 6) is -0.0936. The van der Waals surface area contributed by atoms with E-state index in [0.29, 0.717) is 28.0 Å². The highest BCUT2D eigenvalue weighted by Crippen LogP contribution is 2.20. The fourth-order valence-corrected chi connectivity index (χ4v) is 2.36. The predicted molar refractivity (Wildman–Crippen MR) is 93.4 cm³/mol. The molecule has 1 N–H and O–H groups in total. The number of amides is 1. The molecule has 0 fully saturated rings. The number of benzene rings is 2. The predicted octanol–water partition coefficient (Wildman–Crippen LogP) is 3.26. The van der Waals surface area contributed by atoms with Crippen molar-refractivity contribution in [3.05, 3.63) is 70.1 Å². The first kappa shape index (κ1) is 16.4. The van der Waals surface area contributed by atoms with Gasteiger partial charge in [0, 0.05) is 22.7 Å². The highest BCUT2D eigenvalue weighted by molar-refractivity contribution is 6.05. The highest BCUT2D eigenvalue weighted by atomic mass is 16.5. The standard InChI is InChI=1S/C19H15NO5/c1-11(21)12-3-6-14(7-4-12)20-18(22)16-9-13-5-8-15(24-2)10-17(13)25-19(16)23/h3-10H,1-2H3,(H,20,22). The summed E-state index contributed by atoms with van der Waals surface area (Å²) in [4.78, 5) is 35.7. The fourth-order valence-electron chi connectivity index (χ4n) is 2.36. The number of nitrogens with one attached hydrogen (secondary N) is 1. The van der Waals surface area contributed by atoms with Crippen LogP contribution in [0.1, 0.15) is 27.6 Å². The fraction of sp³-hybridized carbons (Fsp3) is 0.105. The van der Waals surface area contributed by atoms with Crippen LogP contribution in [0.2, 0.25) is 0 Å². The highest BCUT2D eigenvalue weighted by Gasteiger charge is 2.14. The van der Waals surface area contributed by atoms with E-state index in [1.807, 2.05) is 0 Å². The number of methoxy groups -OCH3 is 1. The minimum absolute atomic E-state index is 0.0662. The Kier molecular flexibility index (Phi) is 4.35. The van der Waals surface area contributed by atoms with Crippen molar-refractivity contribution in [1.29, 1.82) is 0 Å². The number of hydrogen-bond acceptors (Lipinski definition) is 5. The van der Waals surface area contributed by atoms with E-state index in [0.717, 1.165) is 0 Å². The number of hydrogen-bond donors (Lipinski definition) is 1. The van der Waals surface area contributed by atoms with Crippen LogP contribution in [0, 0.1) is 0 Å². The molecule has 1 amide bonds. The lowest BCUT2D eigenvalue weighted by Crippen LogP contribution is -2.20. The molecule has 2 aromatic carbocycles. The summed E-state index contributed by atoms with van der Waals surface area (Å²) in [7, 11) is 1.51. The molecule has 6 nitrogen and oxygen atoms in total. The van der Waals surface area contributed by atoms with E-state index in [1.54, 1.807) is 42.5 Å². The van der Waals surface area contributed by atoms with Gasteiger partial charge in [-0.15, -0.1) is 0 Å². The average molecular weight is 337 g/mol. The Morgan fingerprint density at radius 3 is 2.40 bits per heavy atom. The van der Waals surface area contributed by atoms with E-state index in [2.05, 4.69) is 5.32 Å². The van der Waals surface area contributed by atoms with Crippen molar-refractivity contribution in [3.63, 3.8) is 0 Å². The Bertz CT molecular complexity index is 1020. The summed E-state index contributed by atoms with van der Waals surface area (Å²) in [6.45, 7) is 1.46. The number of ether oxygens (including phenoxy) is 1. The van der Waals surface area contributed by atoms with E-state index >= 15 is 0 Å². The third-order valence-corrected chi connectivity index (χ3v) is 3.74. The lowest BCUT2D eigenvalue weighted by atomic mass is 10.1. The Morgan fingerprint density at radius 1 is 1.04 bits per heavy atom. The van der Waals surface area contributed by atoms with Gasteiger partial charge in [-0.25, -0.2) is 4.79 Å². The molecule has 0 radical (unpaired) electrons. The number of fused-ring (bicyclic) bond motifs is 1. The topological polar surface area (TPSA) is 85.6 Å². The molecule has 0 bridgehead atoms. The zero-order valence-corrected chi connectivity index (χ0v) is 13.7. The van der Waals surface area contributed by atoms with E-state index in [1.165, 1.54) is 20.1 Å². The number of carbonyl (C=O) groups is 2. The molecule has 0 atom stereocenters. The van der Waals surface area contributed by atoms with Gasteiger partial charge in [-0.2, -0.15) is 0 Å². The van der Waals surface area contributed by atoms with Crippen LogP contribution in [0.3, 0.4) is 0 Å². The first-order chi connectivity index (χ1) is 12.0. The van der Waals surface area contributed by atoms with Gasteiger partial charge in [-0.05, 0) is 49.4 Å². The molecule has 0 aliphatic rings. The zero-order chi connectivity index (χ0) is 18.0.